The standard InChI is InChI=1S/C13H15FN2O2/c1-16(10-5-9(6-10)13(15)18)12-8(7-17)3-2-4-11(12)14/h2-4,7,9-10H,5-6H2,1H3,(H2,15,18). The van der Waals surface area contributed by atoms with Crippen LogP contribution in [0.4, 0.5) is 10.1 Å². The number of primary amides is 1. The van der Waals surface area contributed by atoms with Crippen LogP contribution < -0.4 is 10.6 Å². The van der Waals surface area contributed by atoms with Crippen molar-refractivity contribution in [1.82, 2.24) is 0 Å². The fourth-order valence-corrected chi connectivity index (χ4v) is 2.32. The number of para-hydroxylation sites is 1. The van der Waals surface area contributed by atoms with Gasteiger partial charge in [-0.3, -0.25) is 9.59 Å². The third kappa shape index (κ3) is 2.08. The minimum atomic E-state index is -0.426. The van der Waals surface area contributed by atoms with Crippen LogP contribution in [0.3, 0.4) is 0 Å². The van der Waals surface area contributed by atoms with E-state index in [4.69, 9.17) is 5.73 Å². The molecule has 0 spiro atoms. The van der Waals surface area contributed by atoms with Gasteiger partial charge in [-0.15, -0.1) is 0 Å². The number of halogens is 1. The van der Waals surface area contributed by atoms with Crippen molar-refractivity contribution in [2.75, 3.05) is 11.9 Å². The molecule has 1 aromatic rings. The van der Waals surface area contributed by atoms with E-state index in [2.05, 4.69) is 0 Å². The van der Waals surface area contributed by atoms with Crippen LogP contribution in [0.5, 0.6) is 0 Å². The van der Waals surface area contributed by atoms with Crippen molar-refractivity contribution in [3.05, 3.63) is 29.6 Å². The van der Waals surface area contributed by atoms with Gasteiger partial charge < -0.3 is 10.6 Å². The molecule has 1 aromatic carbocycles. The van der Waals surface area contributed by atoms with Crippen molar-refractivity contribution in [1.29, 1.82) is 0 Å². The van der Waals surface area contributed by atoms with Crippen molar-refractivity contribution < 1.29 is 14.0 Å². The summed E-state index contributed by atoms with van der Waals surface area (Å²) in [5.74, 6) is -0.877. The normalized spacial score (nSPS) is 22.1. The molecule has 1 aliphatic rings. The number of amides is 1. The van der Waals surface area contributed by atoms with Crippen molar-refractivity contribution >= 4 is 17.9 Å². The molecule has 5 heteroatoms. The van der Waals surface area contributed by atoms with Gasteiger partial charge in [0.05, 0.1) is 5.69 Å². The molecule has 1 aliphatic carbocycles. The largest absolute Gasteiger partial charge is 0.369 e. The van der Waals surface area contributed by atoms with Crippen molar-refractivity contribution in [3.8, 4) is 0 Å². The highest BCUT2D eigenvalue weighted by atomic mass is 19.1. The molecule has 0 bridgehead atoms. The third-order valence-corrected chi connectivity index (χ3v) is 3.56. The Balaban J connectivity index is 2.18. The maximum absolute atomic E-state index is 13.8. The molecule has 0 unspecified atom stereocenters. The van der Waals surface area contributed by atoms with Gasteiger partial charge in [0.15, 0.2) is 6.29 Å². The topological polar surface area (TPSA) is 63.4 Å². The molecule has 1 saturated carbocycles. The summed E-state index contributed by atoms with van der Waals surface area (Å²) in [6, 6.07) is 4.46. The van der Waals surface area contributed by atoms with Crippen LogP contribution in [0.2, 0.25) is 0 Å². The van der Waals surface area contributed by atoms with E-state index < -0.39 is 5.82 Å². The number of anilines is 1. The zero-order chi connectivity index (χ0) is 13.3. The Morgan fingerprint density at radius 3 is 2.72 bits per heavy atom. The average Bonchev–Trinajstić information content (AvgIpc) is 2.25. The fraction of sp³-hybridized carbons (Fsp3) is 0.385. The molecule has 18 heavy (non-hydrogen) atoms. The van der Waals surface area contributed by atoms with Gasteiger partial charge in [-0.1, -0.05) is 6.07 Å². The summed E-state index contributed by atoms with van der Waals surface area (Å²) in [6.07, 6.45) is 1.86. The van der Waals surface area contributed by atoms with Crippen molar-refractivity contribution in [2.24, 2.45) is 11.7 Å². The summed E-state index contributed by atoms with van der Waals surface area (Å²) in [6.45, 7) is 0. The summed E-state index contributed by atoms with van der Waals surface area (Å²) >= 11 is 0. The Morgan fingerprint density at radius 2 is 2.17 bits per heavy atom. The van der Waals surface area contributed by atoms with E-state index in [1.165, 1.54) is 12.1 Å². The first kappa shape index (κ1) is 12.5. The Labute approximate surface area is 105 Å². The fourth-order valence-electron chi connectivity index (χ4n) is 2.32. The van der Waals surface area contributed by atoms with Crippen LogP contribution in [-0.4, -0.2) is 25.3 Å². The van der Waals surface area contributed by atoms with Gasteiger partial charge in [-0.2, -0.15) is 0 Å². The number of nitrogens with zero attached hydrogens (tertiary/aromatic N) is 1. The van der Waals surface area contributed by atoms with Crippen LogP contribution >= 0.6 is 0 Å². The van der Waals surface area contributed by atoms with E-state index in [-0.39, 0.29) is 17.9 Å². The van der Waals surface area contributed by atoms with Crippen LogP contribution in [0, 0.1) is 11.7 Å². The SMILES string of the molecule is CN(c1c(F)cccc1C=O)C1CC(C(N)=O)C1. The zero-order valence-corrected chi connectivity index (χ0v) is 10.1. The first-order chi connectivity index (χ1) is 8.54. The summed E-state index contributed by atoms with van der Waals surface area (Å²) in [5.41, 5.74) is 5.81. The lowest BCUT2D eigenvalue weighted by Gasteiger charge is -2.41. The van der Waals surface area contributed by atoms with Crippen molar-refractivity contribution in [3.63, 3.8) is 0 Å². The minimum Gasteiger partial charge on any atom is -0.369 e. The Hall–Kier alpha value is -1.91. The van der Waals surface area contributed by atoms with E-state index in [9.17, 15) is 14.0 Å². The molecular formula is C13H15FN2O2. The predicted molar refractivity (Wildman–Crippen MR) is 65.9 cm³/mol. The van der Waals surface area contributed by atoms with Crippen LogP contribution in [0.15, 0.2) is 18.2 Å². The van der Waals surface area contributed by atoms with E-state index in [1.54, 1.807) is 18.0 Å². The quantitative estimate of drug-likeness (QED) is 0.820. The van der Waals surface area contributed by atoms with E-state index in [1.807, 2.05) is 0 Å². The molecule has 2 N–H and O–H groups in total. The lowest BCUT2D eigenvalue weighted by Crippen LogP contribution is -2.47. The molecule has 2 rings (SSSR count). The van der Waals surface area contributed by atoms with Crippen LogP contribution in [-0.2, 0) is 4.79 Å². The maximum Gasteiger partial charge on any atom is 0.220 e. The first-order valence-electron chi connectivity index (χ1n) is 5.80. The monoisotopic (exact) mass is 250 g/mol. The summed E-state index contributed by atoms with van der Waals surface area (Å²) in [4.78, 5) is 23.6. The van der Waals surface area contributed by atoms with Crippen LogP contribution in [0.1, 0.15) is 23.2 Å². The minimum absolute atomic E-state index is 0.0538. The highest BCUT2D eigenvalue weighted by molar-refractivity contribution is 5.85. The van der Waals surface area contributed by atoms with Gasteiger partial charge in [0.2, 0.25) is 5.91 Å². The highest BCUT2D eigenvalue weighted by Crippen LogP contribution is 2.35. The number of rotatable bonds is 4. The molecule has 96 valence electrons. The Morgan fingerprint density at radius 1 is 1.50 bits per heavy atom. The van der Waals surface area contributed by atoms with Gasteiger partial charge in [0.1, 0.15) is 5.82 Å². The molecule has 0 saturated heterocycles. The molecular weight excluding hydrogens is 235 g/mol. The third-order valence-electron chi connectivity index (χ3n) is 3.56. The molecule has 0 aliphatic heterocycles. The lowest BCUT2D eigenvalue weighted by molar-refractivity contribution is -0.124. The molecule has 1 amide bonds. The van der Waals surface area contributed by atoms with Gasteiger partial charge in [-0.05, 0) is 25.0 Å². The average molecular weight is 250 g/mol. The lowest BCUT2D eigenvalue weighted by atomic mass is 9.78. The Bertz CT molecular complexity index is 484. The number of carbonyl (C=O) groups excluding carboxylic acids is 2. The number of carbonyl (C=O) groups is 2. The summed E-state index contributed by atoms with van der Waals surface area (Å²) < 4.78 is 13.8. The summed E-state index contributed by atoms with van der Waals surface area (Å²) in [5, 5.41) is 0. The van der Waals surface area contributed by atoms with Gasteiger partial charge in [-0.25, -0.2) is 4.39 Å². The van der Waals surface area contributed by atoms with Crippen molar-refractivity contribution in [2.45, 2.75) is 18.9 Å². The Kier molecular flexibility index (Phi) is 3.32. The zero-order valence-electron chi connectivity index (χ0n) is 10.1. The number of hydrogen-bond acceptors (Lipinski definition) is 3. The highest BCUT2D eigenvalue weighted by Gasteiger charge is 2.36. The molecule has 0 atom stereocenters. The van der Waals surface area contributed by atoms with Gasteiger partial charge in [0, 0.05) is 24.6 Å². The van der Waals surface area contributed by atoms with E-state index in [0.29, 0.717) is 30.4 Å². The van der Waals surface area contributed by atoms with E-state index in [0.717, 1.165) is 0 Å². The number of hydrogen-bond donors (Lipinski definition) is 1. The second kappa shape index (κ2) is 4.76. The number of benzene rings is 1. The smallest absolute Gasteiger partial charge is 0.220 e. The second-order valence-corrected chi connectivity index (χ2v) is 4.63. The second-order valence-electron chi connectivity index (χ2n) is 4.63. The maximum atomic E-state index is 13.8. The molecule has 0 aromatic heterocycles. The van der Waals surface area contributed by atoms with E-state index >= 15 is 0 Å². The van der Waals surface area contributed by atoms with Crippen LogP contribution in [0.25, 0.3) is 0 Å². The van der Waals surface area contributed by atoms with Gasteiger partial charge >= 0.3 is 0 Å². The van der Waals surface area contributed by atoms with Gasteiger partial charge in [0.25, 0.3) is 0 Å². The summed E-state index contributed by atoms with van der Waals surface area (Å²) in [7, 11) is 1.73. The molecule has 1 fully saturated rings. The molecule has 0 radical (unpaired) electrons. The first-order valence-corrected chi connectivity index (χ1v) is 5.80. The molecule has 4 nitrogen and oxygen atoms in total. The number of aldehydes is 1. The molecule has 0 heterocycles. The number of nitrogens with two attached hydrogens (primary N) is 1. The predicted octanol–water partition coefficient (Wildman–Crippen LogP) is 1.34.